The van der Waals surface area contributed by atoms with E-state index in [0.29, 0.717) is 0 Å². The van der Waals surface area contributed by atoms with Gasteiger partial charge in [0, 0.05) is 0 Å². The molecular weight excluding hydrogens is 348 g/mol. The largest absolute Gasteiger partial charge is 0.103 e. The summed E-state index contributed by atoms with van der Waals surface area (Å²) in [4.78, 5) is 0. The lowest BCUT2D eigenvalue weighted by Crippen LogP contribution is -2.16. The van der Waals surface area contributed by atoms with Gasteiger partial charge in [-0.3, -0.25) is 0 Å². The van der Waals surface area contributed by atoms with Gasteiger partial charge in [0.1, 0.15) is 0 Å². The van der Waals surface area contributed by atoms with Crippen LogP contribution in [0.3, 0.4) is 0 Å². The third-order valence-corrected chi connectivity index (χ3v) is 5.85. The standard InChI is InChI=1S/C11H22.C8H16.C5H10.C3H6.C2H6/c1-3-4-8-11-9-6-5-7-10(11)2;1-8-6-4-2-3-5-7-8;1-3-5-4-2;1-3-2;1-2/h10-11H,3-9H2,1-2H3;8H,2-7H2,1H3;3H,1,4-5H2,2H3;3H,1H2,2H3;1-2H3. The molecule has 0 bridgehead atoms. The van der Waals surface area contributed by atoms with Crippen LogP contribution in [0.4, 0.5) is 0 Å². The van der Waals surface area contributed by atoms with E-state index in [4.69, 9.17) is 0 Å². The highest BCUT2D eigenvalue weighted by atomic mass is 14.3. The maximum atomic E-state index is 3.55. The molecule has 176 valence electrons. The van der Waals surface area contributed by atoms with E-state index in [1.807, 2.05) is 26.8 Å². The van der Waals surface area contributed by atoms with Crippen LogP contribution in [0, 0.1) is 17.8 Å². The summed E-state index contributed by atoms with van der Waals surface area (Å²) in [7, 11) is 0. The lowest BCUT2D eigenvalue weighted by atomic mass is 9.78. The van der Waals surface area contributed by atoms with Gasteiger partial charge in [-0.05, 0) is 31.1 Å². The third-order valence-electron chi connectivity index (χ3n) is 5.85. The number of rotatable bonds is 5. The zero-order valence-corrected chi connectivity index (χ0v) is 21.9. The van der Waals surface area contributed by atoms with Crippen LogP contribution in [0.25, 0.3) is 0 Å². The molecule has 0 nitrogen and oxygen atoms in total. The number of hydrogen-bond donors (Lipinski definition) is 0. The summed E-state index contributed by atoms with van der Waals surface area (Å²) < 4.78 is 0. The summed E-state index contributed by atoms with van der Waals surface area (Å²) >= 11 is 0. The first-order valence-corrected chi connectivity index (χ1v) is 13.2. The fourth-order valence-corrected chi connectivity index (χ4v) is 3.98. The molecule has 0 radical (unpaired) electrons. The van der Waals surface area contributed by atoms with Gasteiger partial charge in [0.2, 0.25) is 0 Å². The Labute approximate surface area is 188 Å². The van der Waals surface area contributed by atoms with Gasteiger partial charge in [-0.1, -0.05) is 144 Å². The first-order chi connectivity index (χ1) is 14.1. The molecule has 2 unspecified atom stereocenters. The summed E-state index contributed by atoms with van der Waals surface area (Å²) in [6.45, 7) is 22.1. The van der Waals surface area contributed by atoms with Gasteiger partial charge in [-0.15, -0.1) is 13.2 Å². The highest BCUT2D eigenvalue weighted by molar-refractivity contribution is 4.71. The average Bonchev–Trinajstić information content (AvgIpc) is 2.99. The molecule has 2 aliphatic carbocycles. The number of allylic oxidation sites excluding steroid dienone is 2. The van der Waals surface area contributed by atoms with Crippen molar-refractivity contribution in [2.75, 3.05) is 0 Å². The molecule has 0 aromatic carbocycles. The summed E-state index contributed by atoms with van der Waals surface area (Å²) in [5.74, 6) is 3.12. The number of hydrogen-bond acceptors (Lipinski definition) is 0. The molecule has 0 heterocycles. The van der Waals surface area contributed by atoms with E-state index in [-0.39, 0.29) is 0 Å². The molecule has 2 aliphatic rings. The molecule has 2 rings (SSSR count). The third kappa shape index (κ3) is 27.5. The topological polar surface area (TPSA) is 0 Å². The normalized spacial score (nSPS) is 21.1. The Morgan fingerprint density at radius 3 is 1.62 bits per heavy atom. The van der Waals surface area contributed by atoms with E-state index in [1.165, 1.54) is 89.9 Å². The smallest absolute Gasteiger partial charge is 0.0356 e. The molecule has 0 aromatic heterocycles. The summed E-state index contributed by atoms with van der Waals surface area (Å²) in [6.07, 6.45) is 25.3. The maximum absolute atomic E-state index is 3.55. The Hall–Kier alpha value is -0.520. The van der Waals surface area contributed by atoms with Crippen LogP contribution in [-0.4, -0.2) is 0 Å². The molecule has 29 heavy (non-hydrogen) atoms. The summed E-state index contributed by atoms with van der Waals surface area (Å²) in [6, 6.07) is 0. The molecular formula is C29H60. The molecule has 0 amide bonds. The van der Waals surface area contributed by atoms with E-state index in [0.717, 1.165) is 24.2 Å². The molecule has 0 N–H and O–H groups in total. The van der Waals surface area contributed by atoms with Gasteiger partial charge in [0.25, 0.3) is 0 Å². The van der Waals surface area contributed by atoms with Crippen LogP contribution in [0.15, 0.2) is 25.3 Å². The Morgan fingerprint density at radius 2 is 1.24 bits per heavy atom. The van der Waals surface area contributed by atoms with Gasteiger partial charge in [-0.25, -0.2) is 0 Å². The fraction of sp³-hybridized carbons (Fsp3) is 0.862. The molecule has 0 spiro atoms. The van der Waals surface area contributed by atoms with Gasteiger partial charge in [0.15, 0.2) is 0 Å². The first kappa shape index (κ1) is 33.1. The van der Waals surface area contributed by atoms with Gasteiger partial charge < -0.3 is 0 Å². The van der Waals surface area contributed by atoms with Crippen molar-refractivity contribution >= 4 is 0 Å². The van der Waals surface area contributed by atoms with Crippen LogP contribution in [0.2, 0.25) is 0 Å². The van der Waals surface area contributed by atoms with Crippen LogP contribution >= 0.6 is 0 Å². The minimum Gasteiger partial charge on any atom is -0.103 e. The van der Waals surface area contributed by atoms with Crippen molar-refractivity contribution in [1.82, 2.24) is 0 Å². The second kappa shape index (κ2) is 29.7. The minimum absolute atomic E-state index is 1.02. The zero-order valence-electron chi connectivity index (χ0n) is 21.9. The average molecular weight is 409 g/mol. The maximum Gasteiger partial charge on any atom is -0.0356 e. The lowest BCUT2D eigenvalue weighted by Gasteiger charge is -2.28. The first-order valence-electron chi connectivity index (χ1n) is 13.2. The highest BCUT2D eigenvalue weighted by Gasteiger charge is 2.19. The van der Waals surface area contributed by atoms with Crippen molar-refractivity contribution in [3.8, 4) is 0 Å². The second-order valence-electron chi connectivity index (χ2n) is 8.75. The fourth-order valence-electron chi connectivity index (χ4n) is 3.98. The second-order valence-corrected chi connectivity index (χ2v) is 8.75. The highest BCUT2D eigenvalue weighted by Crippen LogP contribution is 2.32. The Bertz CT molecular complexity index is 282. The van der Waals surface area contributed by atoms with Crippen molar-refractivity contribution in [2.45, 2.75) is 145 Å². The lowest BCUT2D eigenvalue weighted by molar-refractivity contribution is 0.237. The predicted molar refractivity (Wildman–Crippen MR) is 140 cm³/mol. The summed E-state index contributed by atoms with van der Waals surface area (Å²) in [5.41, 5.74) is 0. The Kier molecular flexibility index (Phi) is 33.9. The monoisotopic (exact) mass is 408 g/mol. The van der Waals surface area contributed by atoms with E-state index in [1.54, 1.807) is 6.08 Å². The molecule has 0 aromatic rings. The van der Waals surface area contributed by atoms with Crippen molar-refractivity contribution in [3.63, 3.8) is 0 Å². The van der Waals surface area contributed by atoms with Gasteiger partial charge in [0.05, 0.1) is 0 Å². The van der Waals surface area contributed by atoms with E-state index < -0.39 is 0 Å². The molecule has 2 atom stereocenters. The van der Waals surface area contributed by atoms with Crippen molar-refractivity contribution in [1.29, 1.82) is 0 Å². The SMILES string of the molecule is C=CC.C=CCCC.CC.CC1CCCCCC1.CCCCC1CCCCC1C. The molecule has 0 saturated heterocycles. The summed E-state index contributed by atoms with van der Waals surface area (Å²) in [5, 5.41) is 0. The van der Waals surface area contributed by atoms with Gasteiger partial charge in [-0.2, -0.15) is 0 Å². The van der Waals surface area contributed by atoms with Gasteiger partial charge >= 0.3 is 0 Å². The van der Waals surface area contributed by atoms with Crippen LogP contribution in [-0.2, 0) is 0 Å². The van der Waals surface area contributed by atoms with E-state index in [2.05, 4.69) is 40.9 Å². The minimum atomic E-state index is 1.02. The van der Waals surface area contributed by atoms with Crippen LogP contribution in [0.5, 0.6) is 0 Å². The van der Waals surface area contributed by atoms with Crippen molar-refractivity contribution < 1.29 is 0 Å². The number of unbranched alkanes of at least 4 members (excludes halogenated alkanes) is 2. The molecule has 2 saturated carbocycles. The van der Waals surface area contributed by atoms with Crippen LogP contribution < -0.4 is 0 Å². The van der Waals surface area contributed by atoms with Crippen molar-refractivity contribution in [2.24, 2.45) is 17.8 Å². The van der Waals surface area contributed by atoms with E-state index in [9.17, 15) is 0 Å². The molecule has 2 fully saturated rings. The van der Waals surface area contributed by atoms with Crippen LogP contribution in [0.1, 0.15) is 145 Å². The molecule has 0 heteroatoms. The van der Waals surface area contributed by atoms with E-state index >= 15 is 0 Å². The van der Waals surface area contributed by atoms with Crippen molar-refractivity contribution in [3.05, 3.63) is 25.3 Å². The quantitative estimate of drug-likeness (QED) is 0.313. The zero-order chi connectivity index (χ0) is 22.8. The predicted octanol–water partition coefficient (Wildman–Crippen LogP) is 11.2. The Morgan fingerprint density at radius 1 is 0.759 bits per heavy atom. The Balaban J connectivity index is -0.000000331. The molecule has 0 aliphatic heterocycles.